The summed E-state index contributed by atoms with van der Waals surface area (Å²) < 4.78 is 5.42. The van der Waals surface area contributed by atoms with Crippen LogP contribution in [0.25, 0.3) is 33.9 Å². The number of halogens is 2. The molecule has 0 radical (unpaired) electrons. The second kappa shape index (κ2) is 11.3. The van der Waals surface area contributed by atoms with Crippen LogP contribution in [0, 0.1) is 13.8 Å². The highest BCUT2D eigenvalue weighted by Gasteiger charge is 2.19. The molecule has 0 saturated carbocycles. The SMILES string of the molecule is Cc1ccc(-c2cc(N=Nc3c(-c4ccc(C)cc4)nn(-c4ccc(Br)cc4)c3N)n(-c3ccc(Br)cc3)n2)cc1. The molecule has 0 bridgehead atoms. The lowest BCUT2D eigenvalue weighted by atomic mass is 10.1. The molecule has 9 heteroatoms. The lowest BCUT2D eigenvalue weighted by Crippen LogP contribution is -2.01. The minimum atomic E-state index is 0.389. The number of anilines is 1. The van der Waals surface area contributed by atoms with Gasteiger partial charge in [-0.05, 0) is 62.4 Å². The van der Waals surface area contributed by atoms with Gasteiger partial charge < -0.3 is 5.73 Å². The summed E-state index contributed by atoms with van der Waals surface area (Å²) in [7, 11) is 0. The van der Waals surface area contributed by atoms with Crippen molar-refractivity contribution < 1.29 is 0 Å². The molecule has 2 N–H and O–H groups in total. The smallest absolute Gasteiger partial charge is 0.178 e. The summed E-state index contributed by atoms with van der Waals surface area (Å²) in [5.41, 5.74) is 14.5. The van der Waals surface area contributed by atoms with Gasteiger partial charge in [0.1, 0.15) is 5.69 Å². The van der Waals surface area contributed by atoms with Crippen molar-refractivity contribution in [1.29, 1.82) is 0 Å². The zero-order valence-corrected chi connectivity index (χ0v) is 25.5. The van der Waals surface area contributed by atoms with Crippen molar-refractivity contribution in [1.82, 2.24) is 19.6 Å². The zero-order chi connectivity index (χ0) is 28.5. The van der Waals surface area contributed by atoms with Gasteiger partial charge in [-0.2, -0.15) is 10.2 Å². The fraction of sp³-hybridized carbons (Fsp3) is 0.0625. The average molecular weight is 667 g/mol. The van der Waals surface area contributed by atoms with Gasteiger partial charge in [-0.15, -0.1) is 10.2 Å². The van der Waals surface area contributed by atoms with E-state index in [0.29, 0.717) is 23.0 Å². The molecule has 2 heterocycles. The van der Waals surface area contributed by atoms with Gasteiger partial charge in [-0.3, -0.25) is 0 Å². The number of rotatable bonds is 6. The highest BCUT2D eigenvalue weighted by atomic mass is 79.9. The minimum absolute atomic E-state index is 0.389. The number of benzene rings is 4. The minimum Gasteiger partial charge on any atom is -0.382 e. The Morgan fingerprint density at radius 2 is 1.12 bits per heavy atom. The molecule has 0 aliphatic rings. The van der Waals surface area contributed by atoms with E-state index in [0.717, 1.165) is 42.7 Å². The highest BCUT2D eigenvalue weighted by Crippen LogP contribution is 2.38. The predicted molar refractivity (Wildman–Crippen MR) is 171 cm³/mol. The van der Waals surface area contributed by atoms with Gasteiger partial charge in [-0.1, -0.05) is 91.5 Å². The Bertz CT molecular complexity index is 1850. The maximum Gasteiger partial charge on any atom is 0.178 e. The van der Waals surface area contributed by atoms with Gasteiger partial charge in [0, 0.05) is 26.1 Å². The van der Waals surface area contributed by atoms with Crippen molar-refractivity contribution in [3.8, 4) is 33.9 Å². The maximum atomic E-state index is 6.69. The topological polar surface area (TPSA) is 86.4 Å². The number of azo groups is 1. The van der Waals surface area contributed by atoms with Crippen molar-refractivity contribution in [3.63, 3.8) is 0 Å². The Morgan fingerprint density at radius 3 is 1.68 bits per heavy atom. The molecule has 2 aromatic heterocycles. The first-order valence-electron chi connectivity index (χ1n) is 12.9. The second-order valence-corrected chi connectivity index (χ2v) is 11.5. The summed E-state index contributed by atoms with van der Waals surface area (Å²) in [4.78, 5) is 0. The lowest BCUT2D eigenvalue weighted by molar-refractivity contribution is 0.873. The van der Waals surface area contributed by atoms with E-state index >= 15 is 0 Å². The number of aromatic nitrogens is 4. The van der Waals surface area contributed by atoms with Crippen LogP contribution in [-0.2, 0) is 0 Å². The molecule has 0 aliphatic heterocycles. The van der Waals surface area contributed by atoms with E-state index in [2.05, 4.69) is 63.0 Å². The molecule has 6 rings (SSSR count). The first-order valence-corrected chi connectivity index (χ1v) is 14.5. The Balaban J connectivity index is 1.49. The van der Waals surface area contributed by atoms with Crippen LogP contribution < -0.4 is 5.73 Å². The van der Waals surface area contributed by atoms with Crippen LogP contribution in [0.4, 0.5) is 17.3 Å². The fourth-order valence-electron chi connectivity index (χ4n) is 4.39. The number of aryl methyl sites for hydroxylation is 2. The molecule has 41 heavy (non-hydrogen) atoms. The first kappa shape index (κ1) is 26.9. The van der Waals surface area contributed by atoms with Crippen LogP contribution in [0.15, 0.2) is 122 Å². The average Bonchev–Trinajstić information content (AvgIpc) is 3.55. The number of nitrogens with two attached hydrogens (primary N) is 1. The summed E-state index contributed by atoms with van der Waals surface area (Å²) in [6.45, 7) is 4.11. The van der Waals surface area contributed by atoms with Crippen LogP contribution in [-0.4, -0.2) is 19.6 Å². The fourth-order valence-corrected chi connectivity index (χ4v) is 4.92. The summed E-state index contributed by atoms with van der Waals surface area (Å²) in [5.74, 6) is 0.952. The van der Waals surface area contributed by atoms with Crippen LogP contribution in [0.3, 0.4) is 0 Å². The number of hydrogen-bond acceptors (Lipinski definition) is 5. The van der Waals surface area contributed by atoms with Crippen molar-refractivity contribution >= 4 is 49.2 Å². The lowest BCUT2D eigenvalue weighted by Gasteiger charge is -2.04. The second-order valence-electron chi connectivity index (χ2n) is 9.68. The molecule has 4 aromatic carbocycles. The molecule has 0 unspecified atom stereocenters. The zero-order valence-electron chi connectivity index (χ0n) is 22.3. The Morgan fingerprint density at radius 1 is 0.610 bits per heavy atom. The van der Waals surface area contributed by atoms with Gasteiger partial charge in [0.05, 0.1) is 17.1 Å². The van der Waals surface area contributed by atoms with Gasteiger partial charge in [0.2, 0.25) is 0 Å². The first-order chi connectivity index (χ1) is 19.9. The molecule has 0 fully saturated rings. The quantitative estimate of drug-likeness (QED) is 0.180. The molecule has 0 saturated heterocycles. The standard InChI is InChI=1S/C32H25Br2N7/c1-20-3-7-22(8-4-20)28-19-29(40(38-28)26-15-11-24(33)12-16-26)36-37-31-30(23-9-5-21(2)6-10-23)39-41(32(31)35)27-17-13-25(34)14-18-27/h3-19H,35H2,1-2H3. The largest absolute Gasteiger partial charge is 0.382 e. The molecular weight excluding hydrogens is 642 g/mol. The summed E-state index contributed by atoms with van der Waals surface area (Å²) in [5, 5.41) is 19.2. The van der Waals surface area contributed by atoms with Crippen molar-refractivity contribution in [2.45, 2.75) is 13.8 Å². The van der Waals surface area contributed by atoms with Gasteiger partial charge in [0.15, 0.2) is 17.3 Å². The molecule has 202 valence electrons. The molecular formula is C32H25Br2N7. The monoisotopic (exact) mass is 665 g/mol. The molecule has 0 spiro atoms. The Kier molecular flexibility index (Phi) is 7.38. The molecule has 0 atom stereocenters. The van der Waals surface area contributed by atoms with Crippen LogP contribution in [0.1, 0.15) is 11.1 Å². The van der Waals surface area contributed by atoms with E-state index in [1.54, 1.807) is 9.36 Å². The van der Waals surface area contributed by atoms with Gasteiger partial charge in [-0.25, -0.2) is 9.36 Å². The third-order valence-electron chi connectivity index (χ3n) is 6.65. The molecule has 0 amide bonds. The predicted octanol–water partition coefficient (Wildman–Crippen LogP) is 9.53. The summed E-state index contributed by atoms with van der Waals surface area (Å²) >= 11 is 7.01. The van der Waals surface area contributed by atoms with E-state index in [9.17, 15) is 0 Å². The normalized spacial score (nSPS) is 11.4. The number of nitrogens with zero attached hydrogens (tertiary/aromatic N) is 6. The van der Waals surface area contributed by atoms with Crippen LogP contribution in [0.5, 0.6) is 0 Å². The van der Waals surface area contributed by atoms with Gasteiger partial charge >= 0.3 is 0 Å². The van der Waals surface area contributed by atoms with E-state index in [1.807, 2.05) is 85.8 Å². The Labute approximate surface area is 254 Å². The summed E-state index contributed by atoms with van der Waals surface area (Å²) in [6.07, 6.45) is 0. The van der Waals surface area contributed by atoms with Gasteiger partial charge in [0.25, 0.3) is 0 Å². The molecule has 6 aromatic rings. The molecule has 7 nitrogen and oxygen atoms in total. The van der Waals surface area contributed by atoms with E-state index in [4.69, 9.17) is 26.2 Å². The maximum absolute atomic E-state index is 6.69. The van der Waals surface area contributed by atoms with Crippen molar-refractivity contribution in [3.05, 3.63) is 123 Å². The van der Waals surface area contributed by atoms with E-state index in [1.165, 1.54) is 5.56 Å². The third-order valence-corrected chi connectivity index (χ3v) is 7.71. The Hall–Kier alpha value is -4.34. The number of hydrogen-bond donors (Lipinski definition) is 1. The van der Waals surface area contributed by atoms with E-state index in [-0.39, 0.29) is 0 Å². The number of nitrogen functional groups attached to an aromatic ring is 1. The van der Waals surface area contributed by atoms with Crippen molar-refractivity contribution in [2.24, 2.45) is 10.2 Å². The highest BCUT2D eigenvalue weighted by molar-refractivity contribution is 9.10. The van der Waals surface area contributed by atoms with Crippen LogP contribution in [0.2, 0.25) is 0 Å². The van der Waals surface area contributed by atoms with Crippen molar-refractivity contribution in [2.75, 3.05) is 5.73 Å². The third kappa shape index (κ3) is 5.64. The molecule has 0 aliphatic carbocycles. The van der Waals surface area contributed by atoms with E-state index < -0.39 is 0 Å². The van der Waals surface area contributed by atoms with Crippen LogP contribution >= 0.6 is 31.9 Å². The summed E-state index contributed by atoms with van der Waals surface area (Å²) in [6, 6.07) is 34.0.